The number of aliphatic hydroxyl groups is 1. The van der Waals surface area contributed by atoms with Crippen LogP contribution in [0.3, 0.4) is 0 Å². The van der Waals surface area contributed by atoms with Gasteiger partial charge in [-0.15, -0.1) is 0 Å². The van der Waals surface area contributed by atoms with E-state index in [1.165, 1.54) is 0 Å². The standard InChI is InChI=1S/C9H13N3O6/c1-9(18,7(15)16)4-11-5(13)3-12-6(14)2-10-8(12)17/h18H,2-4H2,1H3,(H,10,17)(H,11,13)(H,15,16). The Balaban J connectivity index is 2.45. The highest BCUT2D eigenvalue weighted by Crippen LogP contribution is 2.01. The summed E-state index contributed by atoms with van der Waals surface area (Å²) in [6, 6.07) is -0.680. The van der Waals surface area contributed by atoms with Crippen molar-refractivity contribution in [3.05, 3.63) is 0 Å². The van der Waals surface area contributed by atoms with Gasteiger partial charge in [-0.3, -0.25) is 14.5 Å². The van der Waals surface area contributed by atoms with E-state index in [2.05, 4.69) is 10.6 Å². The zero-order chi connectivity index (χ0) is 13.9. The summed E-state index contributed by atoms with van der Waals surface area (Å²) in [5.41, 5.74) is -2.10. The second-order valence-corrected chi connectivity index (χ2v) is 3.99. The molecule has 1 aliphatic rings. The van der Waals surface area contributed by atoms with Gasteiger partial charge < -0.3 is 20.8 Å². The van der Waals surface area contributed by atoms with Crippen molar-refractivity contribution < 1.29 is 29.4 Å². The molecule has 1 unspecified atom stereocenters. The maximum atomic E-state index is 11.4. The molecule has 1 fully saturated rings. The topological polar surface area (TPSA) is 136 Å². The zero-order valence-corrected chi connectivity index (χ0v) is 9.60. The van der Waals surface area contributed by atoms with Gasteiger partial charge in [0.2, 0.25) is 5.91 Å². The number of amides is 4. The molecule has 1 atom stereocenters. The number of carboxylic acid groups (broad SMARTS) is 1. The number of nitrogens with zero attached hydrogens (tertiary/aromatic N) is 1. The Hall–Kier alpha value is -2.16. The predicted octanol–water partition coefficient (Wildman–Crippen LogP) is -2.51. The fourth-order valence-corrected chi connectivity index (χ4v) is 1.16. The van der Waals surface area contributed by atoms with E-state index in [0.29, 0.717) is 4.90 Å². The molecule has 0 aromatic carbocycles. The molecule has 0 aromatic heterocycles. The fraction of sp³-hybridized carbons (Fsp3) is 0.556. The molecule has 9 nitrogen and oxygen atoms in total. The first-order chi connectivity index (χ1) is 8.24. The Bertz CT molecular complexity index is 389. The van der Waals surface area contributed by atoms with Crippen LogP contribution in [0.2, 0.25) is 0 Å². The molecular formula is C9H13N3O6. The smallest absolute Gasteiger partial charge is 0.337 e. The number of aliphatic carboxylic acids is 1. The van der Waals surface area contributed by atoms with Crippen molar-refractivity contribution in [3.63, 3.8) is 0 Å². The first-order valence-corrected chi connectivity index (χ1v) is 5.04. The van der Waals surface area contributed by atoms with E-state index in [1.54, 1.807) is 0 Å². The third-order valence-electron chi connectivity index (χ3n) is 2.33. The maximum Gasteiger partial charge on any atom is 0.337 e. The number of carbonyl (C=O) groups excluding carboxylic acids is 3. The predicted molar refractivity (Wildman–Crippen MR) is 56.4 cm³/mol. The summed E-state index contributed by atoms with van der Waals surface area (Å²) < 4.78 is 0. The molecule has 0 aliphatic carbocycles. The summed E-state index contributed by atoms with van der Waals surface area (Å²) in [5, 5.41) is 22.3. The van der Waals surface area contributed by atoms with Crippen LogP contribution >= 0.6 is 0 Å². The van der Waals surface area contributed by atoms with Crippen molar-refractivity contribution in [1.29, 1.82) is 0 Å². The minimum atomic E-state index is -2.10. The lowest BCUT2D eigenvalue weighted by atomic mass is 10.1. The molecule has 4 N–H and O–H groups in total. The van der Waals surface area contributed by atoms with E-state index in [0.717, 1.165) is 6.92 Å². The number of urea groups is 1. The highest BCUT2D eigenvalue weighted by molar-refractivity contribution is 6.04. The second kappa shape index (κ2) is 5.00. The van der Waals surface area contributed by atoms with E-state index in [1.807, 2.05) is 0 Å². The van der Waals surface area contributed by atoms with Crippen molar-refractivity contribution in [2.75, 3.05) is 19.6 Å². The van der Waals surface area contributed by atoms with E-state index < -0.39 is 42.5 Å². The SMILES string of the molecule is CC(O)(CNC(=O)CN1C(=O)CNC1=O)C(=O)O. The summed E-state index contributed by atoms with van der Waals surface area (Å²) in [5.74, 6) is -2.76. The number of hydrogen-bond acceptors (Lipinski definition) is 5. The molecule has 0 spiro atoms. The van der Waals surface area contributed by atoms with Crippen LogP contribution in [-0.4, -0.2) is 64.2 Å². The molecule has 18 heavy (non-hydrogen) atoms. The molecule has 100 valence electrons. The van der Waals surface area contributed by atoms with Gasteiger partial charge in [0.15, 0.2) is 5.60 Å². The number of imide groups is 1. The average molecular weight is 259 g/mol. The first-order valence-electron chi connectivity index (χ1n) is 5.04. The minimum Gasteiger partial charge on any atom is -0.479 e. The van der Waals surface area contributed by atoms with Gasteiger partial charge in [-0.25, -0.2) is 9.59 Å². The third kappa shape index (κ3) is 3.17. The van der Waals surface area contributed by atoms with Gasteiger partial charge in [0, 0.05) is 0 Å². The Morgan fingerprint density at radius 2 is 2.11 bits per heavy atom. The van der Waals surface area contributed by atoms with Gasteiger partial charge in [-0.1, -0.05) is 0 Å². The second-order valence-electron chi connectivity index (χ2n) is 3.99. The summed E-state index contributed by atoms with van der Waals surface area (Å²) in [7, 11) is 0. The fourth-order valence-electron chi connectivity index (χ4n) is 1.16. The Morgan fingerprint density at radius 3 is 2.56 bits per heavy atom. The van der Waals surface area contributed by atoms with Crippen LogP contribution in [0.5, 0.6) is 0 Å². The van der Waals surface area contributed by atoms with Crippen LogP contribution in [-0.2, 0) is 14.4 Å². The van der Waals surface area contributed by atoms with Crippen LogP contribution in [0.1, 0.15) is 6.92 Å². The maximum absolute atomic E-state index is 11.4. The van der Waals surface area contributed by atoms with Crippen molar-refractivity contribution >= 4 is 23.8 Å². The van der Waals surface area contributed by atoms with Gasteiger partial charge in [0.05, 0.1) is 13.1 Å². The minimum absolute atomic E-state index is 0.168. The van der Waals surface area contributed by atoms with E-state index in [4.69, 9.17) is 5.11 Å². The molecule has 9 heteroatoms. The molecule has 0 saturated carbocycles. The Kier molecular flexibility index (Phi) is 3.86. The lowest BCUT2D eigenvalue weighted by molar-refractivity contribution is -0.156. The van der Waals surface area contributed by atoms with E-state index in [-0.39, 0.29) is 6.54 Å². The molecule has 1 rings (SSSR count). The van der Waals surface area contributed by atoms with Gasteiger partial charge in [0.1, 0.15) is 6.54 Å². The summed E-state index contributed by atoms with van der Waals surface area (Å²) in [6.07, 6.45) is 0. The molecule has 1 saturated heterocycles. The highest BCUT2D eigenvalue weighted by Gasteiger charge is 2.33. The Morgan fingerprint density at radius 1 is 1.50 bits per heavy atom. The lowest BCUT2D eigenvalue weighted by Crippen LogP contribution is -2.49. The van der Waals surface area contributed by atoms with Crippen LogP contribution in [0.25, 0.3) is 0 Å². The quantitative estimate of drug-likeness (QED) is 0.402. The zero-order valence-electron chi connectivity index (χ0n) is 9.60. The van der Waals surface area contributed by atoms with Crippen molar-refractivity contribution in [1.82, 2.24) is 15.5 Å². The van der Waals surface area contributed by atoms with Gasteiger partial charge in [-0.2, -0.15) is 0 Å². The molecule has 0 aromatic rings. The largest absolute Gasteiger partial charge is 0.479 e. The molecule has 0 radical (unpaired) electrons. The normalized spacial score (nSPS) is 18.2. The molecule has 4 amide bonds. The van der Waals surface area contributed by atoms with Crippen molar-refractivity contribution in [2.24, 2.45) is 0 Å². The van der Waals surface area contributed by atoms with Gasteiger partial charge >= 0.3 is 12.0 Å². The third-order valence-corrected chi connectivity index (χ3v) is 2.33. The first kappa shape index (κ1) is 13.9. The summed E-state index contributed by atoms with van der Waals surface area (Å²) in [4.78, 5) is 44.9. The number of nitrogens with one attached hydrogen (secondary N) is 2. The van der Waals surface area contributed by atoms with Crippen molar-refractivity contribution in [2.45, 2.75) is 12.5 Å². The summed E-state index contributed by atoms with van der Waals surface area (Å²) in [6.45, 7) is -0.187. The van der Waals surface area contributed by atoms with Crippen LogP contribution < -0.4 is 10.6 Å². The van der Waals surface area contributed by atoms with E-state index in [9.17, 15) is 24.3 Å². The number of hydrogen-bond donors (Lipinski definition) is 4. The Labute approximate surface area is 102 Å². The van der Waals surface area contributed by atoms with E-state index >= 15 is 0 Å². The molecule has 1 aliphatic heterocycles. The van der Waals surface area contributed by atoms with Crippen LogP contribution in [0.4, 0.5) is 4.79 Å². The van der Waals surface area contributed by atoms with Gasteiger partial charge in [0.25, 0.3) is 5.91 Å². The van der Waals surface area contributed by atoms with Crippen LogP contribution in [0, 0.1) is 0 Å². The van der Waals surface area contributed by atoms with Crippen LogP contribution in [0.15, 0.2) is 0 Å². The van der Waals surface area contributed by atoms with Gasteiger partial charge in [-0.05, 0) is 6.92 Å². The molecular weight excluding hydrogens is 246 g/mol. The number of rotatable bonds is 5. The average Bonchev–Trinajstić information content (AvgIpc) is 2.58. The lowest BCUT2D eigenvalue weighted by Gasteiger charge is -2.19. The highest BCUT2D eigenvalue weighted by atomic mass is 16.4. The molecule has 1 heterocycles. The number of carbonyl (C=O) groups is 4. The molecule has 0 bridgehead atoms. The number of carboxylic acids is 1. The summed E-state index contributed by atoms with van der Waals surface area (Å²) >= 11 is 0. The monoisotopic (exact) mass is 259 g/mol. The van der Waals surface area contributed by atoms with Crippen molar-refractivity contribution in [3.8, 4) is 0 Å².